The highest BCUT2D eigenvalue weighted by atomic mass is 32.1. The Labute approximate surface area is 177 Å². The van der Waals surface area contributed by atoms with Gasteiger partial charge >= 0.3 is 5.97 Å². The van der Waals surface area contributed by atoms with E-state index in [2.05, 4.69) is 30.9 Å². The SMILES string of the molecule is CCOc1nc(-c2ccn3ncc(-c4c(C)nn(C(C)C)c4C)c3c2)sc1C(=O)O. The fourth-order valence-corrected chi connectivity index (χ4v) is 4.51. The van der Waals surface area contributed by atoms with E-state index in [-0.39, 0.29) is 16.8 Å². The molecule has 4 aromatic heterocycles. The zero-order chi connectivity index (χ0) is 21.6. The first-order valence-corrected chi connectivity index (χ1v) is 10.5. The molecule has 0 aliphatic rings. The molecule has 8 nitrogen and oxygen atoms in total. The van der Waals surface area contributed by atoms with Gasteiger partial charge in [-0.25, -0.2) is 14.3 Å². The van der Waals surface area contributed by atoms with Gasteiger partial charge in [0.25, 0.3) is 0 Å². The number of carboxylic acid groups (broad SMARTS) is 1. The molecule has 1 N–H and O–H groups in total. The lowest BCUT2D eigenvalue weighted by atomic mass is 10.0. The smallest absolute Gasteiger partial charge is 0.351 e. The summed E-state index contributed by atoms with van der Waals surface area (Å²) >= 11 is 1.11. The predicted octanol–water partition coefficient (Wildman–Crippen LogP) is 4.62. The van der Waals surface area contributed by atoms with Crippen LogP contribution >= 0.6 is 11.3 Å². The van der Waals surface area contributed by atoms with Crippen LogP contribution in [0.4, 0.5) is 0 Å². The summed E-state index contributed by atoms with van der Waals surface area (Å²) in [4.78, 5) is 16.1. The summed E-state index contributed by atoms with van der Waals surface area (Å²) in [5.41, 5.74) is 5.81. The third kappa shape index (κ3) is 3.24. The van der Waals surface area contributed by atoms with Crippen LogP contribution in [0, 0.1) is 13.8 Å². The summed E-state index contributed by atoms with van der Waals surface area (Å²) in [6, 6.07) is 4.12. The van der Waals surface area contributed by atoms with Crippen LogP contribution in [0.15, 0.2) is 24.5 Å². The molecule has 4 aromatic rings. The van der Waals surface area contributed by atoms with E-state index in [9.17, 15) is 9.90 Å². The van der Waals surface area contributed by atoms with Crippen molar-refractivity contribution in [1.29, 1.82) is 0 Å². The van der Waals surface area contributed by atoms with Gasteiger partial charge in [-0.3, -0.25) is 4.68 Å². The molecule has 0 radical (unpaired) electrons. The molecule has 0 aliphatic heterocycles. The van der Waals surface area contributed by atoms with Crippen LogP contribution in [-0.4, -0.2) is 42.1 Å². The van der Waals surface area contributed by atoms with Crippen LogP contribution in [0.5, 0.6) is 5.88 Å². The average Bonchev–Trinajstić information content (AvgIpc) is 3.37. The number of aromatic nitrogens is 5. The van der Waals surface area contributed by atoms with Crippen molar-refractivity contribution in [2.45, 2.75) is 40.7 Å². The number of rotatable bonds is 6. The standard InChI is InChI=1S/C21H23N5O3S/c1-6-29-19-18(21(27)28)30-20(23-19)14-7-8-25-16(9-14)15(10-22-25)17-12(4)24-26(11(2)3)13(17)5/h7-11H,6H2,1-5H3,(H,27,28). The second-order valence-electron chi connectivity index (χ2n) is 7.28. The van der Waals surface area contributed by atoms with E-state index < -0.39 is 5.97 Å². The maximum absolute atomic E-state index is 11.6. The molecule has 4 heterocycles. The van der Waals surface area contributed by atoms with Gasteiger partial charge in [0.1, 0.15) is 5.01 Å². The fourth-order valence-electron chi connectivity index (χ4n) is 3.66. The third-order valence-electron chi connectivity index (χ3n) is 4.92. The molecule has 0 unspecified atom stereocenters. The molecule has 0 spiro atoms. The fraction of sp³-hybridized carbons (Fsp3) is 0.333. The van der Waals surface area contributed by atoms with Crippen molar-refractivity contribution in [3.8, 4) is 27.6 Å². The van der Waals surface area contributed by atoms with Gasteiger partial charge in [-0.15, -0.1) is 11.3 Å². The molecule has 0 saturated heterocycles. The summed E-state index contributed by atoms with van der Waals surface area (Å²) in [6.07, 6.45) is 3.70. The molecular formula is C21H23N5O3S. The van der Waals surface area contributed by atoms with Crippen LogP contribution in [0.25, 0.3) is 27.2 Å². The van der Waals surface area contributed by atoms with Crippen LogP contribution in [0.3, 0.4) is 0 Å². The molecule has 0 fully saturated rings. The van der Waals surface area contributed by atoms with Crippen LogP contribution in [-0.2, 0) is 0 Å². The van der Waals surface area contributed by atoms with E-state index in [0.717, 1.165) is 44.9 Å². The minimum absolute atomic E-state index is 0.102. The van der Waals surface area contributed by atoms with Crippen molar-refractivity contribution in [2.24, 2.45) is 0 Å². The normalized spacial score (nSPS) is 11.5. The largest absolute Gasteiger partial charge is 0.477 e. The Balaban J connectivity index is 1.86. The topological polar surface area (TPSA) is 94.5 Å². The van der Waals surface area contributed by atoms with Gasteiger partial charge in [0, 0.05) is 34.6 Å². The number of pyridine rings is 1. The third-order valence-corrected chi connectivity index (χ3v) is 6.00. The van der Waals surface area contributed by atoms with Gasteiger partial charge in [0.05, 0.1) is 24.0 Å². The van der Waals surface area contributed by atoms with Crippen LogP contribution in [0.1, 0.15) is 47.9 Å². The molecule has 0 atom stereocenters. The molecule has 9 heteroatoms. The number of aryl methyl sites for hydroxylation is 1. The van der Waals surface area contributed by atoms with Crippen molar-refractivity contribution in [1.82, 2.24) is 24.4 Å². The first-order valence-electron chi connectivity index (χ1n) is 9.72. The minimum atomic E-state index is -1.04. The minimum Gasteiger partial charge on any atom is -0.477 e. The lowest BCUT2D eigenvalue weighted by molar-refractivity contribution is 0.0697. The second-order valence-corrected chi connectivity index (χ2v) is 8.28. The number of hydrogen-bond acceptors (Lipinski definition) is 6. The van der Waals surface area contributed by atoms with E-state index in [4.69, 9.17) is 9.84 Å². The Morgan fingerprint density at radius 2 is 2.10 bits per heavy atom. The Bertz CT molecular complexity index is 1250. The van der Waals surface area contributed by atoms with Gasteiger partial charge in [0.15, 0.2) is 4.88 Å². The number of carboxylic acids is 1. The van der Waals surface area contributed by atoms with E-state index in [1.54, 1.807) is 11.4 Å². The molecular weight excluding hydrogens is 402 g/mol. The van der Waals surface area contributed by atoms with Gasteiger partial charge in [-0.05, 0) is 46.8 Å². The number of ether oxygens (including phenoxy) is 1. The number of fused-ring (bicyclic) bond motifs is 1. The lowest BCUT2D eigenvalue weighted by Crippen LogP contribution is -2.04. The summed E-state index contributed by atoms with van der Waals surface area (Å²) in [5.74, 6) is -0.885. The highest BCUT2D eigenvalue weighted by Gasteiger charge is 2.22. The Hall–Kier alpha value is -3.20. The zero-order valence-electron chi connectivity index (χ0n) is 17.5. The quantitative estimate of drug-likeness (QED) is 0.484. The van der Waals surface area contributed by atoms with Gasteiger partial charge in [-0.1, -0.05) is 0 Å². The van der Waals surface area contributed by atoms with Crippen molar-refractivity contribution in [3.05, 3.63) is 40.8 Å². The van der Waals surface area contributed by atoms with E-state index in [1.807, 2.05) is 36.1 Å². The van der Waals surface area contributed by atoms with Crippen molar-refractivity contribution in [3.63, 3.8) is 0 Å². The van der Waals surface area contributed by atoms with Crippen LogP contribution < -0.4 is 4.74 Å². The van der Waals surface area contributed by atoms with Crippen molar-refractivity contribution in [2.75, 3.05) is 6.61 Å². The molecule has 0 aliphatic carbocycles. The highest BCUT2D eigenvalue weighted by Crippen LogP contribution is 2.36. The molecule has 4 rings (SSSR count). The summed E-state index contributed by atoms with van der Waals surface area (Å²) in [7, 11) is 0. The second kappa shape index (κ2) is 7.56. The van der Waals surface area contributed by atoms with E-state index in [1.165, 1.54) is 0 Å². The number of carbonyl (C=O) groups is 1. The number of nitrogens with zero attached hydrogens (tertiary/aromatic N) is 5. The van der Waals surface area contributed by atoms with Gasteiger partial charge in [-0.2, -0.15) is 10.2 Å². The molecule has 0 bridgehead atoms. The Kier molecular flexibility index (Phi) is 5.07. The Morgan fingerprint density at radius 3 is 2.73 bits per heavy atom. The molecule has 0 saturated carbocycles. The van der Waals surface area contributed by atoms with Gasteiger partial charge in [0.2, 0.25) is 5.88 Å². The first kappa shape index (κ1) is 20.1. The average molecular weight is 426 g/mol. The predicted molar refractivity (Wildman–Crippen MR) is 116 cm³/mol. The number of thiazole rings is 1. The first-order chi connectivity index (χ1) is 14.3. The molecule has 0 aromatic carbocycles. The number of hydrogen-bond donors (Lipinski definition) is 1. The number of aromatic carboxylic acids is 1. The maximum atomic E-state index is 11.6. The maximum Gasteiger partial charge on any atom is 0.351 e. The van der Waals surface area contributed by atoms with E-state index >= 15 is 0 Å². The molecule has 30 heavy (non-hydrogen) atoms. The Morgan fingerprint density at radius 1 is 1.33 bits per heavy atom. The summed E-state index contributed by atoms with van der Waals surface area (Å²) < 4.78 is 9.24. The lowest BCUT2D eigenvalue weighted by Gasteiger charge is -2.08. The van der Waals surface area contributed by atoms with Crippen molar-refractivity contribution < 1.29 is 14.6 Å². The van der Waals surface area contributed by atoms with E-state index in [0.29, 0.717) is 11.6 Å². The molecule has 156 valence electrons. The molecule has 0 amide bonds. The monoisotopic (exact) mass is 425 g/mol. The van der Waals surface area contributed by atoms with Crippen molar-refractivity contribution >= 4 is 22.8 Å². The summed E-state index contributed by atoms with van der Waals surface area (Å²) in [5, 5.41) is 19.2. The summed E-state index contributed by atoms with van der Waals surface area (Å²) in [6.45, 7) is 10.4. The van der Waals surface area contributed by atoms with Crippen LogP contribution in [0.2, 0.25) is 0 Å². The highest BCUT2D eigenvalue weighted by molar-refractivity contribution is 7.17. The zero-order valence-corrected chi connectivity index (χ0v) is 18.3. The van der Waals surface area contributed by atoms with Gasteiger partial charge < -0.3 is 9.84 Å².